The molecule has 0 aliphatic carbocycles. The molecule has 0 radical (unpaired) electrons. The zero-order valence-electron chi connectivity index (χ0n) is 16.3. The van der Waals surface area contributed by atoms with E-state index in [2.05, 4.69) is 29.6 Å². The normalized spacial score (nSPS) is 16.1. The molecule has 29 heavy (non-hydrogen) atoms. The molecule has 1 saturated heterocycles. The van der Waals surface area contributed by atoms with Crippen molar-refractivity contribution in [2.45, 2.75) is 12.8 Å². The topological polar surface area (TPSA) is 49.4 Å². The van der Waals surface area contributed by atoms with Crippen LogP contribution >= 0.6 is 0 Å². The predicted molar refractivity (Wildman–Crippen MR) is 115 cm³/mol. The predicted octanol–water partition coefficient (Wildman–Crippen LogP) is 4.38. The lowest BCUT2D eigenvalue weighted by atomic mass is 10.0. The van der Waals surface area contributed by atoms with Gasteiger partial charge in [-0.25, -0.2) is 0 Å². The number of rotatable bonds is 6. The van der Waals surface area contributed by atoms with E-state index in [0.29, 0.717) is 13.1 Å². The highest BCUT2D eigenvalue weighted by Crippen LogP contribution is 2.23. The van der Waals surface area contributed by atoms with Crippen LogP contribution in [0.1, 0.15) is 12.0 Å². The molecule has 0 aromatic heterocycles. The minimum Gasteiger partial charge on any atom is -0.342 e. The van der Waals surface area contributed by atoms with Gasteiger partial charge in [0.15, 0.2) is 0 Å². The third-order valence-electron chi connectivity index (χ3n) is 5.36. The number of likely N-dealkylation sites (tertiary alicyclic amines) is 1. The summed E-state index contributed by atoms with van der Waals surface area (Å²) >= 11 is 0. The first-order valence-corrected chi connectivity index (χ1v) is 9.97. The number of nitrogens with zero attached hydrogens (tertiary/aromatic N) is 1. The van der Waals surface area contributed by atoms with Crippen LogP contribution in [0.15, 0.2) is 84.9 Å². The van der Waals surface area contributed by atoms with Gasteiger partial charge in [0, 0.05) is 25.2 Å². The summed E-state index contributed by atoms with van der Waals surface area (Å²) in [6, 6.07) is 28.0. The van der Waals surface area contributed by atoms with E-state index in [9.17, 15) is 9.59 Å². The summed E-state index contributed by atoms with van der Waals surface area (Å²) in [5.41, 5.74) is 4.20. The van der Waals surface area contributed by atoms with Crippen LogP contribution in [0.3, 0.4) is 0 Å². The first-order valence-electron chi connectivity index (χ1n) is 9.97. The zero-order chi connectivity index (χ0) is 20.1. The second-order valence-corrected chi connectivity index (χ2v) is 7.41. The third kappa shape index (κ3) is 4.72. The van der Waals surface area contributed by atoms with Crippen molar-refractivity contribution >= 4 is 17.5 Å². The number of anilines is 1. The molecule has 1 unspecified atom stereocenters. The molecule has 146 valence electrons. The number of carbonyl (C=O) groups is 2. The monoisotopic (exact) mass is 384 g/mol. The van der Waals surface area contributed by atoms with E-state index in [-0.39, 0.29) is 24.2 Å². The van der Waals surface area contributed by atoms with Crippen LogP contribution < -0.4 is 5.32 Å². The largest absolute Gasteiger partial charge is 0.342 e. The van der Waals surface area contributed by atoms with Crippen LogP contribution in [0.25, 0.3) is 11.1 Å². The van der Waals surface area contributed by atoms with E-state index in [0.717, 1.165) is 23.2 Å². The van der Waals surface area contributed by atoms with Gasteiger partial charge in [0.1, 0.15) is 0 Å². The van der Waals surface area contributed by atoms with Crippen molar-refractivity contribution in [1.29, 1.82) is 0 Å². The number of hydrogen-bond acceptors (Lipinski definition) is 2. The van der Waals surface area contributed by atoms with E-state index in [1.165, 1.54) is 5.56 Å². The maximum atomic E-state index is 12.6. The molecule has 4 nitrogen and oxygen atoms in total. The molecular formula is C25H24N2O2. The summed E-state index contributed by atoms with van der Waals surface area (Å²) in [5, 5.41) is 2.96. The molecule has 3 aromatic carbocycles. The molecule has 0 spiro atoms. The van der Waals surface area contributed by atoms with Crippen molar-refractivity contribution in [1.82, 2.24) is 4.90 Å². The molecule has 0 bridgehead atoms. The Morgan fingerprint density at radius 3 is 2.17 bits per heavy atom. The Kier molecular flexibility index (Phi) is 5.71. The lowest BCUT2D eigenvalue weighted by Crippen LogP contribution is -2.30. The van der Waals surface area contributed by atoms with E-state index < -0.39 is 0 Å². The van der Waals surface area contributed by atoms with Crippen molar-refractivity contribution in [2.24, 2.45) is 5.92 Å². The van der Waals surface area contributed by atoms with Gasteiger partial charge in [-0.2, -0.15) is 0 Å². The Labute approximate surface area is 171 Å². The molecular weight excluding hydrogens is 360 g/mol. The van der Waals surface area contributed by atoms with Gasteiger partial charge in [0.05, 0.1) is 5.92 Å². The van der Waals surface area contributed by atoms with Crippen molar-refractivity contribution in [2.75, 3.05) is 18.4 Å². The molecule has 0 saturated carbocycles. The van der Waals surface area contributed by atoms with Crippen molar-refractivity contribution in [3.8, 4) is 11.1 Å². The minimum absolute atomic E-state index is 0.0560. The lowest BCUT2D eigenvalue weighted by Gasteiger charge is -2.16. The maximum absolute atomic E-state index is 12.6. The lowest BCUT2D eigenvalue weighted by molar-refractivity contribution is -0.128. The number of benzene rings is 3. The van der Waals surface area contributed by atoms with E-state index >= 15 is 0 Å². The molecule has 4 rings (SSSR count). The number of carbonyl (C=O) groups excluding carboxylic acids is 2. The van der Waals surface area contributed by atoms with E-state index in [4.69, 9.17) is 0 Å². The molecule has 1 aliphatic rings. The Hall–Kier alpha value is -3.40. The van der Waals surface area contributed by atoms with Crippen molar-refractivity contribution < 1.29 is 9.59 Å². The highest BCUT2D eigenvalue weighted by Gasteiger charge is 2.33. The van der Waals surface area contributed by atoms with Gasteiger partial charge in [-0.05, 0) is 35.2 Å². The Morgan fingerprint density at radius 2 is 1.48 bits per heavy atom. The van der Waals surface area contributed by atoms with Crippen LogP contribution in [0, 0.1) is 5.92 Å². The molecule has 4 heteroatoms. The molecule has 3 aromatic rings. The zero-order valence-corrected chi connectivity index (χ0v) is 16.3. The third-order valence-corrected chi connectivity index (χ3v) is 5.36. The summed E-state index contributed by atoms with van der Waals surface area (Å²) in [4.78, 5) is 26.8. The quantitative estimate of drug-likeness (QED) is 0.685. The number of nitrogens with one attached hydrogen (secondary N) is 1. The van der Waals surface area contributed by atoms with E-state index in [1.807, 2.05) is 60.7 Å². The van der Waals surface area contributed by atoms with Gasteiger partial charge in [-0.3, -0.25) is 9.59 Å². The molecule has 2 amide bonds. The van der Waals surface area contributed by atoms with Gasteiger partial charge in [0.25, 0.3) is 0 Å². The van der Waals surface area contributed by atoms with E-state index in [1.54, 1.807) is 4.90 Å². The number of amides is 2. The van der Waals surface area contributed by atoms with Crippen LogP contribution in [0.2, 0.25) is 0 Å². The van der Waals surface area contributed by atoms with Gasteiger partial charge >= 0.3 is 0 Å². The van der Waals surface area contributed by atoms with Gasteiger partial charge in [-0.1, -0.05) is 72.8 Å². The molecule has 1 heterocycles. The molecule has 1 fully saturated rings. The summed E-state index contributed by atoms with van der Waals surface area (Å²) in [6.07, 6.45) is 1.09. The SMILES string of the molecule is O=C(Nc1ccc(-c2ccccc2)cc1)C1CC(=O)N(CCc2ccccc2)C1. The summed E-state index contributed by atoms with van der Waals surface area (Å²) in [7, 11) is 0. The summed E-state index contributed by atoms with van der Waals surface area (Å²) in [6.45, 7) is 1.14. The Balaban J connectivity index is 1.32. The average molecular weight is 384 g/mol. The van der Waals surface area contributed by atoms with Crippen LogP contribution in [-0.2, 0) is 16.0 Å². The first-order chi connectivity index (χ1) is 14.2. The van der Waals surface area contributed by atoms with Gasteiger partial charge in [0.2, 0.25) is 11.8 Å². The van der Waals surface area contributed by atoms with Crippen LogP contribution in [-0.4, -0.2) is 29.8 Å². The summed E-state index contributed by atoms with van der Waals surface area (Å²) in [5.74, 6) is -0.333. The van der Waals surface area contributed by atoms with Crippen LogP contribution in [0.4, 0.5) is 5.69 Å². The maximum Gasteiger partial charge on any atom is 0.229 e. The highest BCUT2D eigenvalue weighted by molar-refractivity contribution is 5.97. The highest BCUT2D eigenvalue weighted by atomic mass is 16.2. The smallest absolute Gasteiger partial charge is 0.229 e. The molecule has 1 aliphatic heterocycles. The standard InChI is InChI=1S/C25H24N2O2/c28-24-17-22(18-27(24)16-15-19-7-3-1-4-8-19)25(29)26-23-13-11-21(12-14-23)20-9-5-2-6-10-20/h1-14,22H,15-18H2,(H,26,29). The summed E-state index contributed by atoms with van der Waals surface area (Å²) < 4.78 is 0. The second-order valence-electron chi connectivity index (χ2n) is 7.41. The van der Waals surface area contributed by atoms with Gasteiger partial charge < -0.3 is 10.2 Å². The molecule has 1 atom stereocenters. The fourth-order valence-electron chi connectivity index (χ4n) is 3.69. The fourth-order valence-corrected chi connectivity index (χ4v) is 3.69. The Morgan fingerprint density at radius 1 is 0.862 bits per heavy atom. The van der Waals surface area contributed by atoms with Crippen LogP contribution in [0.5, 0.6) is 0 Å². The molecule has 1 N–H and O–H groups in total. The Bertz CT molecular complexity index is 969. The fraction of sp³-hybridized carbons (Fsp3) is 0.200. The van der Waals surface area contributed by atoms with Crippen molar-refractivity contribution in [3.63, 3.8) is 0 Å². The first kappa shape index (κ1) is 18.9. The van der Waals surface area contributed by atoms with Crippen molar-refractivity contribution in [3.05, 3.63) is 90.5 Å². The average Bonchev–Trinajstić information content (AvgIpc) is 3.15. The number of hydrogen-bond donors (Lipinski definition) is 1. The van der Waals surface area contributed by atoms with Gasteiger partial charge in [-0.15, -0.1) is 0 Å². The minimum atomic E-state index is -0.299. The second kappa shape index (κ2) is 8.74.